The number of aliphatic carboxylic acids is 1. The van der Waals surface area contributed by atoms with Gasteiger partial charge in [-0.15, -0.1) is 11.3 Å². The van der Waals surface area contributed by atoms with Gasteiger partial charge in [-0.1, -0.05) is 38.1 Å². The van der Waals surface area contributed by atoms with Crippen molar-refractivity contribution in [2.75, 3.05) is 97.6 Å². The number of amides is 2. The van der Waals surface area contributed by atoms with Crippen LogP contribution in [0.4, 0.5) is 18.2 Å². The number of aromatic nitrogens is 1. The maximum absolute atomic E-state index is 13.8. The van der Waals surface area contributed by atoms with Gasteiger partial charge in [-0.2, -0.15) is 13.2 Å². The molecule has 370 valence electrons. The van der Waals surface area contributed by atoms with Gasteiger partial charge in [-0.25, -0.2) is 0 Å². The fraction of sp³-hybridized carbons (Fsp3) is 0.520. The van der Waals surface area contributed by atoms with E-state index in [1.165, 1.54) is 29.7 Å². The molecule has 0 saturated carbocycles. The maximum atomic E-state index is 13.8. The van der Waals surface area contributed by atoms with Gasteiger partial charge in [0.2, 0.25) is 0 Å². The molecule has 1 fully saturated rings. The number of thiophene rings is 1. The molecule has 4 aromatic rings. The SMILES string of the molecule is CC1(C)CCc2c(sc(NC(=O)c3cccc(COCCOCCOCCOCCOCCOCCN4CCC(C(=O)O)CC4)c3)c2-c2cc(C(=O)NCc3cccc(C(F)(F)F)c3)ccn2)C1. The first-order chi connectivity index (χ1) is 32.8. The number of benzene rings is 2. The molecular formula is C50H63F3N4O10S. The average Bonchev–Trinajstić information content (AvgIpc) is 3.67. The molecule has 2 amide bonds. The number of hydrogen-bond acceptors (Lipinski definition) is 12. The lowest BCUT2D eigenvalue weighted by molar-refractivity contribution is -0.143. The van der Waals surface area contributed by atoms with E-state index >= 15 is 0 Å². The molecule has 68 heavy (non-hydrogen) atoms. The van der Waals surface area contributed by atoms with Gasteiger partial charge in [-0.05, 0) is 104 Å². The molecule has 2 aromatic heterocycles. The molecular weight excluding hydrogens is 906 g/mol. The van der Waals surface area contributed by atoms with Crippen LogP contribution in [-0.4, -0.2) is 125 Å². The van der Waals surface area contributed by atoms with Crippen molar-refractivity contribution in [1.82, 2.24) is 15.2 Å². The molecule has 0 bridgehead atoms. The average molecular weight is 969 g/mol. The molecule has 1 aliphatic heterocycles. The first kappa shape index (κ1) is 52.6. The summed E-state index contributed by atoms with van der Waals surface area (Å²) < 4.78 is 73.5. The first-order valence-corrected chi connectivity index (χ1v) is 23.9. The number of nitrogens with one attached hydrogen (secondary N) is 2. The van der Waals surface area contributed by atoms with Crippen LogP contribution in [0.1, 0.15) is 81.0 Å². The number of carbonyl (C=O) groups is 3. The Morgan fingerprint density at radius 2 is 1.38 bits per heavy atom. The summed E-state index contributed by atoms with van der Waals surface area (Å²) in [6.07, 6.45) is 0.948. The first-order valence-electron chi connectivity index (χ1n) is 23.1. The second-order valence-corrected chi connectivity index (χ2v) is 18.7. The number of carboxylic acid groups (broad SMARTS) is 1. The van der Waals surface area contributed by atoms with Gasteiger partial charge in [0.15, 0.2) is 0 Å². The van der Waals surface area contributed by atoms with E-state index in [9.17, 15) is 27.6 Å². The highest BCUT2D eigenvalue weighted by Gasteiger charge is 2.33. The van der Waals surface area contributed by atoms with Crippen LogP contribution < -0.4 is 10.6 Å². The molecule has 2 aliphatic rings. The molecule has 6 rings (SSSR count). The van der Waals surface area contributed by atoms with Crippen LogP contribution in [0.15, 0.2) is 66.9 Å². The molecule has 3 N–H and O–H groups in total. The fourth-order valence-electron chi connectivity index (χ4n) is 7.98. The van der Waals surface area contributed by atoms with Gasteiger partial charge in [0.25, 0.3) is 11.8 Å². The molecule has 0 radical (unpaired) electrons. The third-order valence-electron chi connectivity index (χ3n) is 11.8. The Hall–Kier alpha value is -4.79. The van der Waals surface area contributed by atoms with E-state index in [1.807, 2.05) is 6.07 Å². The largest absolute Gasteiger partial charge is 0.481 e. The summed E-state index contributed by atoms with van der Waals surface area (Å²) >= 11 is 1.51. The Labute approximate surface area is 399 Å². The van der Waals surface area contributed by atoms with Crippen molar-refractivity contribution >= 4 is 34.1 Å². The Bertz CT molecular complexity index is 2250. The number of rotatable bonds is 27. The second-order valence-electron chi connectivity index (χ2n) is 17.6. The highest BCUT2D eigenvalue weighted by molar-refractivity contribution is 7.17. The minimum absolute atomic E-state index is 0.0708. The van der Waals surface area contributed by atoms with Crippen molar-refractivity contribution in [2.24, 2.45) is 11.3 Å². The molecule has 1 aliphatic carbocycles. The standard InChI is InChI=1S/C50H63F3N4O10S/c1-49(2)13-9-41-43(32-49)68-47(44(41)42-31-39(10-14-54-42)45(58)55-33-35-5-4-8-40(30-35)50(51,52)53)56-46(59)38-7-3-6-36(29-38)34-67-28-27-66-26-25-65-24-23-64-22-21-63-20-19-62-18-17-57-15-11-37(12-16-57)48(60)61/h3-8,10,14,29-31,37H,9,11-13,15-28,32-34H2,1-2H3,(H,55,58)(H,56,59)(H,60,61). The molecule has 14 nitrogen and oxygen atoms in total. The van der Waals surface area contributed by atoms with Gasteiger partial charge < -0.3 is 49.1 Å². The number of carbonyl (C=O) groups excluding carboxylic acids is 2. The summed E-state index contributed by atoms with van der Waals surface area (Å²) in [5, 5.41) is 15.6. The Morgan fingerprint density at radius 3 is 2.03 bits per heavy atom. The zero-order valence-electron chi connectivity index (χ0n) is 38.8. The highest BCUT2D eigenvalue weighted by atomic mass is 32.1. The summed E-state index contributed by atoms with van der Waals surface area (Å²) in [5.41, 5.74) is 3.55. The Morgan fingerprint density at radius 1 is 0.779 bits per heavy atom. The number of nitrogens with zero attached hydrogens (tertiary/aromatic N) is 2. The highest BCUT2D eigenvalue weighted by Crippen LogP contribution is 2.48. The topological polar surface area (TPSA) is 167 Å². The second kappa shape index (κ2) is 26.3. The summed E-state index contributed by atoms with van der Waals surface area (Å²) in [7, 11) is 0. The van der Waals surface area contributed by atoms with Crippen LogP contribution >= 0.6 is 11.3 Å². The number of alkyl halides is 3. The zero-order chi connectivity index (χ0) is 48.4. The van der Waals surface area contributed by atoms with Crippen molar-refractivity contribution < 1.29 is 61.1 Å². The van der Waals surface area contributed by atoms with E-state index in [1.54, 1.807) is 30.3 Å². The fourth-order valence-corrected chi connectivity index (χ4v) is 9.49. The van der Waals surface area contributed by atoms with E-state index in [2.05, 4.69) is 34.4 Å². The lowest BCUT2D eigenvalue weighted by Crippen LogP contribution is -2.38. The molecule has 3 heterocycles. The quantitative estimate of drug-likeness (QED) is 0.0495. The summed E-state index contributed by atoms with van der Waals surface area (Å²) in [4.78, 5) is 46.2. The molecule has 0 atom stereocenters. The summed E-state index contributed by atoms with van der Waals surface area (Å²) in [6, 6.07) is 15.3. The Balaban J connectivity index is 0.864. The number of carboxylic acids is 1. The van der Waals surface area contributed by atoms with E-state index < -0.39 is 23.6 Å². The third-order valence-corrected chi connectivity index (χ3v) is 12.9. The van der Waals surface area contributed by atoms with E-state index in [-0.39, 0.29) is 30.4 Å². The van der Waals surface area contributed by atoms with Crippen molar-refractivity contribution in [2.45, 2.75) is 65.3 Å². The van der Waals surface area contributed by atoms with E-state index in [0.717, 1.165) is 72.6 Å². The minimum atomic E-state index is -4.49. The van der Waals surface area contributed by atoms with Crippen molar-refractivity contribution in [3.63, 3.8) is 0 Å². The van der Waals surface area contributed by atoms with Gasteiger partial charge in [0.1, 0.15) is 5.00 Å². The number of likely N-dealkylation sites (tertiary alicyclic amines) is 1. The lowest BCUT2D eigenvalue weighted by Gasteiger charge is -2.29. The smallest absolute Gasteiger partial charge is 0.416 e. The van der Waals surface area contributed by atoms with Crippen LogP contribution in [0, 0.1) is 11.3 Å². The molecule has 18 heteroatoms. The monoisotopic (exact) mass is 968 g/mol. The van der Waals surface area contributed by atoms with Crippen LogP contribution in [0.3, 0.4) is 0 Å². The number of anilines is 1. The number of pyridine rings is 1. The summed E-state index contributed by atoms with van der Waals surface area (Å²) in [6.45, 7) is 11.9. The van der Waals surface area contributed by atoms with Crippen LogP contribution in [0.25, 0.3) is 11.3 Å². The molecule has 0 unspecified atom stereocenters. The lowest BCUT2D eigenvalue weighted by atomic mass is 9.76. The molecule has 1 saturated heterocycles. The van der Waals surface area contributed by atoms with Crippen molar-refractivity contribution in [1.29, 1.82) is 0 Å². The number of piperidine rings is 1. The third kappa shape index (κ3) is 16.7. The predicted molar refractivity (Wildman–Crippen MR) is 251 cm³/mol. The molecule has 2 aromatic carbocycles. The normalized spacial score (nSPS) is 15.2. The predicted octanol–water partition coefficient (Wildman–Crippen LogP) is 7.92. The minimum Gasteiger partial charge on any atom is -0.481 e. The Kier molecular flexibility index (Phi) is 20.3. The number of ether oxygens (including phenoxy) is 6. The number of fused-ring (bicyclic) bond motifs is 1. The van der Waals surface area contributed by atoms with Gasteiger partial charge in [0.05, 0.1) is 96.5 Å². The van der Waals surface area contributed by atoms with Crippen molar-refractivity contribution in [3.8, 4) is 11.3 Å². The maximum Gasteiger partial charge on any atom is 0.416 e. The zero-order valence-corrected chi connectivity index (χ0v) is 39.7. The number of halogens is 3. The van der Waals surface area contributed by atoms with Crippen LogP contribution in [0.2, 0.25) is 0 Å². The molecule has 0 spiro atoms. The van der Waals surface area contributed by atoms with E-state index in [4.69, 9.17) is 33.5 Å². The van der Waals surface area contributed by atoms with Crippen molar-refractivity contribution in [3.05, 3.63) is 105 Å². The number of hydrogen-bond donors (Lipinski definition) is 3. The van der Waals surface area contributed by atoms with Crippen LogP contribution in [0.5, 0.6) is 0 Å². The summed E-state index contributed by atoms with van der Waals surface area (Å²) in [5.74, 6) is -1.68. The van der Waals surface area contributed by atoms with Crippen LogP contribution in [-0.2, 0) is 65.4 Å². The van der Waals surface area contributed by atoms with E-state index in [0.29, 0.717) is 113 Å². The van der Waals surface area contributed by atoms with Gasteiger partial charge in [-0.3, -0.25) is 19.4 Å². The van der Waals surface area contributed by atoms with Gasteiger partial charge in [0, 0.05) is 40.9 Å². The van der Waals surface area contributed by atoms with Gasteiger partial charge >= 0.3 is 12.1 Å².